The van der Waals surface area contributed by atoms with E-state index in [1.54, 1.807) is 17.6 Å². The van der Waals surface area contributed by atoms with Gasteiger partial charge in [-0.1, -0.05) is 13.8 Å². The van der Waals surface area contributed by atoms with Gasteiger partial charge in [-0.2, -0.15) is 0 Å². The maximum atomic E-state index is 14.5. The number of H-pyrrole nitrogens is 1. The summed E-state index contributed by atoms with van der Waals surface area (Å²) in [6, 6.07) is 4.08. The van der Waals surface area contributed by atoms with Crippen molar-refractivity contribution in [3.8, 4) is 11.3 Å². The molecule has 1 aromatic carbocycles. The van der Waals surface area contributed by atoms with Gasteiger partial charge in [-0.05, 0) is 37.0 Å². The normalized spacial score (nSPS) is 11.5. The van der Waals surface area contributed by atoms with Gasteiger partial charge in [-0.3, -0.25) is 19.1 Å². The van der Waals surface area contributed by atoms with Crippen molar-refractivity contribution < 1.29 is 13.6 Å². The fourth-order valence-electron chi connectivity index (χ4n) is 3.66. The minimum Gasteiger partial charge on any atom is -0.332 e. The van der Waals surface area contributed by atoms with Crippen molar-refractivity contribution in [2.24, 2.45) is 13.0 Å². The molecule has 4 rings (SSSR count). The van der Waals surface area contributed by atoms with Crippen LogP contribution in [-0.2, 0) is 24.8 Å². The van der Waals surface area contributed by atoms with Gasteiger partial charge in [0.15, 0.2) is 5.13 Å². The fraction of sp³-hybridized carbons (Fsp3) is 0.304. The van der Waals surface area contributed by atoms with Gasteiger partial charge in [-0.25, -0.2) is 18.6 Å². The van der Waals surface area contributed by atoms with Crippen molar-refractivity contribution in [1.82, 2.24) is 19.1 Å². The molecule has 3 aromatic heterocycles. The number of nitrogens with one attached hydrogen (secondary N) is 2. The molecule has 2 N–H and O–H groups in total. The Kier molecular flexibility index (Phi) is 6.47. The quantitative estimate of drug-likeness (QED) is 0.415. The van der Waals surface area contributed by atoms with E-state index in [2.05, 4.69) is 15.3 Å². The standard InChI is InChI=1S/C23H23F2N5O3S/c1-12(2)4-5-14-15(24)8-13(9-16(14)25)17-11-34-22(26-17)27-19(31)10-30-7-6-18-20(30)21(32)28-23(33)29(18)3/h6-9,11-12H,4-5,10H2,1-3H3,(H,26,27,31)(H,28,32,33). The van der Waals surface area contributed by atoms with Gasteiger partial charge in [0, 0.05) is 29.8 Å². The summed E-state index contributed by atoms with van der Waals surface area (Å²) in [6.07, 6.45) is 2.54. The van der Waals surface area contributed by atoms with Gasteiger partial charge in [0.05, 0.1) is 11.2 Å². The summed E-state index contributed by atoms with van der Waals surface area (Å²) < 4.78 is 31.7. The number of aryl methyl sites for hydroxylation is 1. The number of halogens is 2. The Morgan fingerprint density at radius 3 is 2.62 bits per heavy atom. The first-order chi connectivity index (χ1) is 16.1. The third-order valence-electron chi connectivity index (χ3n) is 5.52. The summed E-state index contributed by atoms with van der Waals surface area (Å²) in [5, 5.41) is 4.49. The van der Waals surface area contributed by atoms with E-state index in [0.29, 0.717) is 30.0 Å². The van der Waals surface area contributed by atoms with Crippen LogP contribution < -0.4 is 16.6 Å². The van der Waals surface area contributed by atoms with Crippen LogP contribution in [0.15, 0.2) is 39.4 Å². The minimum atomic E-state index is -0.617. The van der Waals surface area contributed by atoms with Crippen LogP contribution in [-0.4, -0.2) is 25.0 Å². The zero-order chi connectivity index (χ0) is 24.6. The van der Waals surface area contributed by atoms with E-state index in [-0.39, 0.29) is 28.3 Å². The molecular formula is C23H23F2N5O3S. The van der Waals surface area contributed by atoms with Gasteiger partial charge in [-0.15, -0.1) is 11.3 Å². The van der Waals surface area contributed by atoms with E-state index >= 15 is 0 Å². The Labute approximate surface area is 196 Å². The Balaban J connectivity index is 1.50. The number of carbonyl (C=O) groups excluding carboxylic acids is 1. The molecule has 4 aromatic rings. The predicted octanol–water partition coefficient (Wildman–Crippen LogP) is 3.66. The lowest BCUT2D eigenvalue weighted by Gasteiger charge is -2.09. The number of hydrogen-bond acceptors (Lipinski definition) is 5. The molecule has 0 spiro atoms. The van der Waals surface area contributed by atoms with E-state index in [0.717, 1.165) is 11.3 Å². The molecule has 1 amide bonds. The van der Waals surface area contributed by atoms with Gasteiger partial charge in [0.25, 0.3) is 5.56 Å². The Hall–Kier alpha value is -3.60. The number of anilines is 1. The highest BCUT2D eigenvalue weighted by Gasteiger charge is 2.16. The number of fused-ring (bicyclic) bond motifs is 1. The van der Waals surface area contributed by atoms with Crippen LogP contribution >= 0.6 is 11.3 Å². The summed E-state index contributed by atoms with van der Waals surface area (Å²) in [7, 11) is 1.52. The number of nitrogens with zero attached hydrogens (tertiary/aromatic N) is 3. The number of aromatic amines is 1. The summed E-state index contributed by atoms with van der Waals surface area (Å²) in [5.74, 6) is -1.35. The zero-order valence-corrected chi connectivity index (χ0v) is 19.6. The van der Waals surface area contributed by atoms with Crippen molar-refractivity contribution in [3.63, 3.8) is 0 Å². The number of carbonyl (C=O) groups is 1. The van der Waals surface area contributed by atoms with E-state index in [1.807, 2.05) is 13.8 Å². The highest BCUT2D eigenvalue weighted by atomic mass is 32.1. The van der Waals surface area contributed by atoms with Crippen LogP contribution in [0.3, 0.4) is 0 Å². The molecule has 0 atom stereocenters. The van der Waals surface area contributed by atoms with Crippen LogP contribution in [0.25, 0.3) is 22.3 Å². The van der Waals surface area contributed by atoms with Crippen LogP contribution in [0.4, 0.5) is 13.9 Å². The molecule has 0 saturated heterocycles. The second-order valence-electron chi connectivity index (χ2n) is 8.43. The van der Waals surface area contributed by atoms with Gasteiger partial charge < -0.3 is 9.88 Å². The lowest BCUT2D eigenvalue weighted by Crippen LogP contribution is -2.29. The Morgan fingerprint density at radius 1 is 1.24 bits per heavy atom. The van der Waals surface area contributed by atoms with E-state index in [1.165, 1.54) is 28.3 Å². The lowest BCUT2D eigenvalue weighted by atomic mass is 10.00. The number of rotatable bonds is 7. The molecule has 8 nitrogen and oxygen atoms in total. The van der Waals surface area contributed by atoms with Crippen molar-refractivity contribution in [3.05, 3.63) is 67.8 Å². The summed E-state index contributed by atoms with van der Waals surface area (Å²) in [5.41, 5.74) is 0.145. The van der Waals surface area contributed by atoms with Crippen LogP contribution in [0.1, 0.15) is 25.8 Å². The first kappa shape index (κ1) is 23.6. The van der Waals surface area contributed by atoms with Crippen LogP contribution in [0.5, 0.6) is 0 Å². The molecule has 0 fully saturated rings. The SMILES string of the molecule is CC(C)CCc1c(F)cc(-c2csc(NC(=O)Cn3ccc4c3c(=O)[nH]c(=O)n4C)n2)cc1F. The molecule has 34 heavy (non-hydrogen) atoms. The molecule has 178 valence electrons. The second-order valence-corrected chi connectivity index (χ2v) is 9.29. The Bertz CT molecular complexity index is 1480. The second kappa shape index (κ2) is 9.34. The lowest BCUT2D eigenvalue weighted by molar-refractivity contribution is -0.116. The summed E-state index contributed by atoms with van der Waals surface area (Å²) in [6.45, 7) is 3.80. The van der Waals surface area contributed by atoms with Gasteiger partial charge >= 0.3 is 5.69 Å². The molecule has 0 bridgehead atoms. The number of amides is 1. The maximum Gasteiger partial charge on any atom is 0.328 e. The largest absolute Gasteiger partial charge is 0.332 e. The molecular weight excluding hydrogens is 464 g/mol. The molecule has 11 heteroatoms. The van der Waals surface area contributed by atoms with Crippen molar-refractivity contribution in [2.45, 2.75) is 33.2 Å². The van der Waals surface area contributed by atoms with E-state index in [9.17, 15) is 23.2 Å². The molecule has 0 aliphatic rings. The smallest absolute Gasteiger partial charge is 0.328 e. The van der Waals surface area contributed by atoms with Crippen molar-refractivity contribution in [2.75, 3.05) is 5.32 Å². The highest BCUT2D eigenvalue weighted by Crippen LogP contribution is 2.28. The maximum absolute atomic E-state index is 14.5. The Morgan fingerprint density at radius 2 is 1.94 bits per heavy atom. The summed E-state index contributed by atoms with van der Waals surface area (Å²) in [4.78, 5) is 42.9. The topological polar surface area (TPSA) is 102 Å². The molecule has 0 unspecified atom stereocenters. The third kappa shape index (κ3) is 4.69. The van der Waals surface area contributed by atoms with Crippen molar-refractivity contribution in [1.29, 1.82) is 0 Å². The highest BCUT2D eigenvalue weighted by molar-refractivity contribution is 7.14. The predicted molar refractivity (Wildman–Crippen MR) is 127 cm³/mol. The minimum absolute atomic E-state index is 0.0626. The number of aromatic nitrogens is 4. The molecule has 0 saturated carbocycles. The number of hydrogen-bond donors (Lipinski definition) is 2. The van der Waals surface area contributed by atoms with E-state index < -0.39 is 28.8 Å². The molecule has 0 aliphatic heterocycles. The van der Waals surface area contributed by atoms with Crippen molar-refractivity contribution >= 4 is 33.4 Å². The van der Waals surface area contributed by atoms with Gasteiger partial charge in [0.2, 0.25) is 5.91 Å². The fourth-order valence-corrected chi connectivity index (χ4v) is 4.40. The summed E-state index contributed by atoms with van der Waals surface area (Å²) >= 11 is 1.12. The zero-order valence-electron chi connectivity index (χ0n) is 18.8. The first-order valence-electron chi connectivity index (χ1n) is 10.7. The van der Waals surface area contributed by atoms with Crippen LogP contribution in [0.2, 0.25) is 0 Å². The molecule has 0 aliphatic carbocycles. The average Bonchev–Trinajstić information content (AvgIpc) is 3.39. The molecule has 0 radical (unpaired) electrons. The van der Waals surface area contributed by atoms with Crippen LogP contribution in [0, 0.1) is 17.6 Å². The monoisotopic (exact) mass is 487 g/mol. The van der Waals surface area contributed by atoms with E-state index in [4.69, 9.17) is 0 Å². The first-order valence-corrected chi connectivity index (χ1v) is 11.5. The average molecular weight is 488 g/mol. The molecule has 3 heterocycles. The number of benzene rings is 1. The van der Waals surface area contributed by atoms with Gasteiger partial charge in [0.1, 0.15) is 23.7 Å². The number of thiazole rings is 1. The third-order valence-corrected chi connectivity index (χ3v) is 6.27.